The number of cyclic esters (lactones) is 6. The van der Waals surface area contributed by atoms with Gasteiger partial charge in [-0.1, -0.05) is 0 Å². The Bertz CT molecular complexity index is 798. The van der Waals surface area contributed by atoms with Crippen molar-refractivity contribution in [2.45, 2.75) is 82.6 Å². The predicted octanol–water partition coefficient (Wildman–Crippen LogP) is 3.00. The summed E-state index contributed by atoms with van der Waals surface area (Å²) in [4.78, 5) is 33.6. The van der Waals surface area contributed by atoms with Gasteiger partial charge in [-0.15, -0.1) is 0 Å². The molecule has 0 aromatic heterocycles. The third kappa shape index (κ3) is 9.75. The molecule has 3 saturated heterocycles. The smallest absolute Gasteiger partial charge is 0.430 e. The Morgan fingerprint density at radius 1 is 0.789 bits per heavy atom. The summed E-state index contributed by atoms with van der Waals surface area (Å²) < 4.78 is 53.7. The molecular weight excluding hydrogens is 508 g/mol. The zero-order valence-electron chi connectivity index (χ0n) is 22.8. The first kappa shape index (κ1) is 30.2. The lowest BCUT2D eigenvalue weighted by Gasteiger charge is -2.34. The Morgan fingerprint density at radius 2 is 1.37 bits per heavy atom. The predicted molar refractivity (Wildman–Crippen MR) is 128 cm³/mol. The number of rotatable bonds is 17. The summed E-state index contributed by atoms with van der Waals surface area (Å²) in [6, 6.07) is 0. The Hall–Kier alpha value is -2.35. The summed E-state index contributed by atoms with van der Waals surface area (Å²) in [5.74, 6) is -0.0208. The summed E-state index contributed by atoms with van der Waals surface area (Å²) >= 11 is 0. The van der Waals surface area contributed by atoms with Gasteiger partial charge in [-0.05, 0) is 40.5 Å². The first-order valence-electron chi connectivity index (χ1n) is 12.8. The van der Waals surface area contributed by atoms with Gasteiger partial charge in [0.05, 0.1) is 37.6 Å². The molecule has 0 N–H and O–H groups in total. The maximum absolute atomic E-state index is 11.3. The fraction of sp³-hybridized carbons (Fsp3) is 0.880. The third-order valence-corrected chi connectivity index (χ3v) is 6.60. The quantitative estimate of drug-likeness (QED) is 0.194. The van der Waals surface area contributed by atoms with Gasteiger partial charge in [0.15, 0.2) is 6.10 Å². The molecule has 0 amide bonds. The van der Waals surface area contributed by atoms with Crippen LogP contribution in [-0.2, 0) is 47.4 Å². The van der Waals surface area contributed by atoms with E-state index in [0.717, 1.165) is 0 Å². The van der Waals surface area contributed by atoms with Gasteiger partial charge in [0, 0.05) is 19.4 Å². The van der Waals surface area contributed by atoms with Crippen LogP contribution in [0.1, 0.15) is 47.0 Å². The third-order valence-electron chi connectivity index (χ3n) is 6.60. The Morgan fingerprint density at radius 3 is 1.92 bits per heavy atom. The molecule has 5 atom stereocenters. The van der Waals surface area contributed by atoms with Crippen LogP contribution in [0.2, 0.25) is 0 Å². The van der Waals surface area contributed by atoms with Crippen LogP contribution < -0.4 is 0 Å². The van der Waals surface area contributed by atoms with E-state index in [1.165, 1.54) is 0 Å². The van der Waals surface area contributed by atoms with E-state index in [0.29, 0.717) is 32.5 Å². The standard InChI is InChI=1S/C25H40O13/c1-24(2,8-18-12-32-22(27)37-18)34-10-16(6-7-17-11-31-21(26)36-17)9-30-15-20(29-5)25(3,4)35-14-19-13-33-23(28)38-19/h16-20H,6-15H2,1-5H3. The van der Waals surface area contributed by atoms with E-state index >= 15 is 0 Å². The molecule has 0 aromatic carbocycles. The highest BCUT2D eigenvalue weighted by molar-refractivity contribution is 5.62. The summed E-state index contributed by atoms with van der Waals surface area (Å²) in [5, 5.41) is 0. The van der Waals surface area contributed by atoms with Crippen molar-refractivity contribution >= 4 is 18.5 Å². The summed E-state index contributed by atoms with van der Waals surface area (Å²) in [6.07, 6.45) is -1.79. The highest BCUT2D eigenvalue weighted by atomic mass is 16.8. The topological polar surface area (TPSA) is 144 Å². The van der Waals surface area contributed by atoms with E-state index in [9.17, 15) is 14.4 Å². The van der Waals surface area contributed by atoms with Gasteiger partial charge < -0.3 is 47.4 Å². The molecule has 13 nitrogen and oxygen atoms in total. The van der Waals surface area contributed by atoms with Crippen molar-refractivity contribution in [2.75, 3.05) is 53.4 Å². The molecule has 0 saturated carbocycles. The van der Waals surface area contributed by atoms with E-state index in [2.05, 4.69) is 0 Å². The fourth-order valence-electron chi connectivity index (χ4n) is 4.30. The van der Waals surface area contributed by atoms with Gasteiger partial charge in [-0.2, -0.15) is 0 Å². The SMILES string of the molecule is COC(COCC(CCC1COC(=O)O1)COC(C)(C)CC1COC(=O)O1)C(C)(C)OCC1COC(=O)O1. The molecule has 3 fully saturated rings. The minimum Gasteiger partial charge on any atom is -0.430 e. The number of ether oxygens (including phenoxy) is 10. The molecule has 0 radical (unpaired) electrons. The Balaban J connectivity index is 1.48. The molecule has 0 bridgehead atoms. The van der Waals surface area contributed by atoms with Crippen LogP contribution in [0.25, 0.3) is 0 Å². The van der Waals surface area contributed by atoms with E-state index in [1.54, 1.807) is 7.11 Å². The average Bonchev–Trinajstić information content (AvgIpc) is 3.57. The van der Waals surface area contributed by atoms with Crippen molar-refractivity contribution in [1.29, 1.82) is 0 Å². The second kappa shape index (κ2) is 13.6. The molecule has 3 aliphatic heterocycles. The molecular formula is C25H40O13. The van der Waals surface area contributed by atoms with Crippen molar-refractivity contribution in [3.8, 4) is 0 Å². The van der Waals surface area contributed by atoms with Crippen LogP contribution in [0.15, 0.2) is 0 Å². The number of hydrogen-bond donors (Lipinski definition) is 0. The highest BCUT2D eigenvalue weighted by Gasteiger charge is 2.36. The molecule has 5 unspecified atom stereocenters. The second-order valence-corrected chi connectivity index (χ2v) is 10.8. The molecule has 3 heterocycles. The second-order valence-electron chi connectivity index (χ2n) is 10.8. The minimum atomic E-state index is -0.728. The average molecular weight is 549 g/mol. The molecule has 3 rings (SSSR count). The lowest BCUT2D eigenvalue weighted by molar-refractivity contribution is -0.152. The first-order chi connectivity index (χ1) is 18.0. The van der Waals surface area contributed by atoms with Gasteiger partial charge >= 0.3 is 18.5 Å². The van der Waals surface area contributed by atoms with E-state index in [4.69, 9.17) is 47.4 Å². The minimum absolute atomic E-state index is 0.0208. The largest absolute Gasteiger partial charge is 0.508 e. The zero-order chi connectivity index (χ0) is 27.8. The number of carbonyl (C=O) groups is 3. The van der Waals surface area contributed by atoms with Crippen LogP contribution in [0.5, 0.6) is 0 Å². The maximum Gasteiger partial charge on any atom is 0.508 e. The molecule has 0 aliphatic carbocycles. The van der Waals surface area contributed by atoms with Crippen LogP contribution in [0.4, 0.5) is 14.4 Å². The van der Waals surface area contributed by atoms with Crippen molar-refractivity contribution < 1.29 is 61.8 Å². The van der Waals surface area contributed by atoms with Crippen molar-refractivity contribution in [3.63, 3.8) is 0 Å². The van der Waals surface area contributed by atoms with Crippen molar-refractivity contribution in [3.05, 3.63) is 0 Å². The number of hydrogen-bond acceptors (Lipinski definition) is 13. The summed E-state index contributed by atoms with van der Waals surface area (Å²) in [6.45, 7) is 9.35. The van der Waals surface area contributed by atoms with Gasteiger partial charge in [0.2, 0.25) is 0 Å². The summed E-state index contributed by atoms with van der Waals surface area (Å²) in [5.41, 5.74) is -1.30. The molecule has 218 valence electrons. The van der Waals surface area contributed by atoms with Crippen molar-refractivity contribution in [2.24, 2.45) is 5.92 Å². The molecule has 13 heteroatoms. The first-order valence-corrected chi connectivity index (χ1v) is 12.8. The Kier molecular flexibility index (Phi) is 10.8. The van der Waals surface area contributed by atoms with Crippen molar-refractivity contribution in [1.82, 2.24) is 0 Å². The van der Waals surface area contributed by atoms with Gasteiger partial charge in [-0.3, -0.25) is 0 Å². The Labute approximate surface area is 222 Å². The van der Waals surface area contributed by atoms with Gasteiger partial charge in [-0.25, -0.2) is 14.4 Å². The lowest BCUT2D eigenvalue weighted by atomic mass is 9.99. The normalized spacial score (nSPS) is 25.2. The van der Waals surface area contributed by atoms with E-state index in [-0.39, 0.29) is 51.2 Å². The van der Waals surface area contributed by atoms with Crippen LogP contribution >= 0.6 is 0 Å². The van der Waals surface area contributed by atoms with Gasteiger partial charge in [0.1, 0.15) is 38.1 Å². The van der Waals surface area contributed by atoms with Crippen LogP contribution in [0.3, 0.4) is 0 Å². The molecule has 3 aliphatic rings. The highest BCUT2D eigenvalue weighted by Crippen LogP contribution is 2.25. The van der Waals surface area contributed by atoms with E-state index in [1.807, 2.05) is 27.7 Å². The van der Waals surface area contributed by atoms with Gasteiger partial charge in [0.25, 0.3) is 0 Å². The maximum atomic E-state index is 11.3. The monoisotopic (exact) mass is 548 g/mol. The lowest BCUT2D eigenvalue weighted by Crippen LogP contribution is -2.45. The summed E-state index contributed by atoms with van der Waals surface area (Å²) in [7, 11) is 1.58. The fourth-order valence-corrected chi connectivity index (χ4v) is 4.30. The molecule has 0 spiro atoms. The van der Waals surface area contributed by atoms with Crippen LogP contribution in [0, 0.1) is 5.92 Å². The number of carbonyl (C=O) groups excluding carboxylic acids is 3. The number of methoxy groups -OCH3 is 1. The zero-order valence-corrected chi connectivity index (χ0v) is 22.8. The van der Waals surface area contributed by atoms with Crippen LogP contribution in [-0.4, -0.2) is 107 Å². The molecule has 38 heavy (non-hydrogen) atoms. The van der Waals surface area contributed by atoms with E-state index < -0.39 is 41.9 Å². The molecule has 0 aromatic rings.